The van der Waals surface area contributed by atoms with Gasteiger partial charge >= 0.3 is 0 Å². The smallest absolute Gasteiger partial charge is 0.249 e. The summed E-state index contributed by atoms with van der Waals surface area (Å²) in [6.45, 7) is 4.07. The molecule has 1 aliphatic carbocycles. The molecule has 1 heterocycles. The van der Waals surface area contributed by atoms with E-state index in [0.29, 0.717) is 24.1 Å². The zero-order valence-corrected chi connectivity index (χ0v) is 18.2. The number of rotatable bonds is 10. The van der Waals surface area contributed by atoms with Gasteiger partial charge in [0.15, 0.2) is 5.82 Å². The first-order valence-corrected chi connectivity index (χ1v) is 11.5. The van der Waals surface area contributed by atoms with Crippen molar-refractivity contribution in [2.45, 2.75) is 56.4 Å². The molecule has 1 unspecified atom stereocenters. The fourth-order valence-electron chi connectivity index (χ4n) is 3.01. The van der Waals surface area contributed by atoms with Crippen LogP contribution in [0, 0.1) is 11.7 Å². The Hall–Kier alpha value is -2.33. The van der Waals surface area contributed by atoms with Crippen molar-refractivity contribution in [3.05, 3.63) is 41.8 Å². The van der Waals surface area contributed by atoms with Crippen LogP contribution in [0.3, 0.4) is 0 Å². The minimum atomic E-state index is -3.73. The highest BCUT2D eigenvalue weighted by atomic mass is 32.2. The highest BCUT2D eigenvalue weighted by Gasteiger charge is 2.31. The van der Waals surface area contributed by atoms with Crippen molar-refractivity contribution >= 4 is 15.9 Å². The van der Waals surface area contributed by atoms with Gasteiger partial charge in [-0.05, 0) is 49.4 Å². The fraction of sp³-hybridized carbons (Fsp3) is 0.550. The number of amides is 1. The molecule has 10 heteroatoms. The molecule has 2 aromatic rings. The van der Waals surface area contributed by atoms with Gasteiger partial charge in [-0.2, -0.15) is 4.98 Å². The highest BCUT2D eigenvalue weighted by molar-refractivity contribution is 7.89. The average Bonchev–Trinajstić information content (AvgIpc) is 3.43. The normalized spacial score (nSPS) is 15.5. The number of hydrogen-bond donors (Lipinski definition) is 1. The minimum Gasteiger partial charge on any atom is -0.344 e. The van der Waals surface area contributed by atoms with Crippen molar-refractivity contribution in [1.29, 1.82) is 0 Å². The van der Waals surface area contributed by atoms with Crippen molar-refractivity contribution < 1.29 is 22.1 Å². The van der Waals surface area contributed by atoms with Crippen LogP contribution in [0.5, 0.6) is 0 Å². The molecule has 0 aliphatic heterocycles. The van der Waals surface area contributed by atoms with E-state index in [9.17, 15) is 17.6 Å². The molecule has 1 aliphatic rings. The minimum absolute atomic E-state index is 0.0126. The van der Waals surface area contributed by atoms with Crippen molar-refractivity contribution in [1.82, 2.24) is 19.8 Å². The topological polar surface area (TPSA) is 105 Å². The van der Waals surface area contributed by atoms with Crippen LogP contribution in [0.25, 0.3) is 0 Å². The third kappa shape index (κ3) is 5.42. The van der Waals surface area contributed by atoms with Crippen LogP contribution in [0.1, 0.15) is 63.2 Å². The van der Waals surface area contributed by atoms with E-state index in [2.05, 4.69) is 15.5 Å². The summed E-state index contributed by atoms with van der Waals surface area (Å²) < 4.78 is 44.5. The van der Waals surface area contributed by atoms with E-state index >= 15 is 0 Å². The first-order chi connectivity index (χ1) is 14.2. The molecular formula is C20H27FN4O4S. The summed E-state index contributed by atoms with van der Waals surface area (Å²) in [5.41, 5.74) is 0. The second kappa shape index (κ2) is 9.22. The van der Waals surface area contributed by atoms with Gasteiger partial charge in [0.1, 0.15) is 11.9 Å². The molecule has 3 rings (SSSR count). The van der Waals surface area contributed by atoms with E-state index < -0.39 is 21.9 Å². The Kier molecular flexibility index (Phi) is 6.87. The molecule has 1 atom stereocenters. The highest BCUT2D eigenvalue weighted by Crippen LogP contribution is 2.38. The van der Waals surface area contributed by atoms with Crippen molar-refractivity contribution in [2.24, 2.45) is 5.92 Å². The van der Waals surface area contributed by atoms with E-state index in [0.717, 1.165) is 29.3 Å². The lowest BCUT2D eigenvalue weighted by Crippen LogP contribution is -2.33. The maximum Gasteiger partial charge on any atom is 0.249 e. The molecule has 1 aromatic heterocycles. The number of sulfonamides is 1. The molecule has 8 nitrogen and oxygen atoms in total. The summed E-state index contributed by atoms with van der Waals surface area (Å²) >= 11 is 0. The predicted molar refractivity (Wildman–Crippen MR) is 107 cm³/mol. The van der Waals surface area contributed by atoms with Crippen LogP contribution >= 0.6 is 0 Å². The van der Waals surface area contributed by atoms with E-state index in [1.807, 2.05) is 13.8 Å². The zero-order valence-electron chi connectivity index (χ0n) is 17.3. The summed E-state index contributed by atoms with van der Waals surface area (Å²) in [6, 6.07) is 4.26. The van der Waals surface area contributed by atoms with Crippen molar-refractivity contribution in [2.75, 3.05) is 13.6 Å². The van der Waals surface area contributed by atoms with E-state index in [1.54, 1.807) is 0 Å². The quantitative estimate of drug-likeness (QED) is 0.611. The van der Waals surface area contributed by atoms with Gasteiger partial charge < -0.3 is 9.84 Å². The van der Waals surface area contributed by atoms with Crippen LogP contribution in [-0.2, 0) is 14.8 Å². The van der Waals surface area contributed by atoms with Gasteiger partial charge in [-0.1, -0.05) is 19.0 Å². The number of nitrogens with one attached hydrogen (secondary N) is 1. The summed E-state index contributed by atoms with van der Waals surface area (Å²) in [4.78, 5) is 16.8. The predicted octanol–water partition coefficient (Wildman–Crippen LogP) is 3.00. The van der Waals surface area contributed by atoms with Gasteiger partial charge in [-0.25, -0.2) is 17.1 Å². The Labute approximate surface area is 175 Å². The van der Waals surface area contributed by atoms with Crippen LogP contribution in [0.15, 0.2) is 33.7 Å². The Morgan fingerprint density at radius 1 is 1.30 bits per heavy atom. The lowest BCUT2D eigenvalue weighted by Gasteiger charge is -2.20. The van der Waals surface area contributed by atoms with Crippen molar-refractivity contribution in [3.8, 4) is 0 Å². The van der Waals surface area contributed by atoms with Crippen LogP contribution in [-0.4, -0.2) is 42.4 Å². The van der Waals surface area contributed by atoms with Gasteiger partial charge in [0, 0.05) is 25.9 Å². The average molecular weight is 439 g/mol. The summed E-state index contributed by atoms with van der Waals surface area (Å²) in [6.07, 6.45) is 2.61. The van der Waals surface area contributed by atoms with Gasteiger partial charge in [-0.3, -0.25) is 4.79 Å². The lowest BCUT2D eigenvalue weighted by molar-refractivity contribution is -0.122. The largest absolute Gasteiger partial charge is 0.344 e. The second-order valence-corrected chi connectivity index (χ2v) is 9.98. The molecule has 0 spiro atoms. The third-order valence-corrected chi connectivity index (χ3v) is 6.92. The molecule has 1 aromatic carbocycles. The third-order valence-electron chi connectivity index (χ3n) is 5.05. The van der Waals surface area contributed by atoms with E-state index in [1.165, 1.54) is 19.2 Å². The van der Waals surface area contributed by atoms with E-state index in [-0.39, 0.29) is 29.7 Å². The van der Waals surface area contributed by atoms with Crippen LogP contribution in [0.2, 0.25) is 0 Å². The SMILES string of the molecule is CC(C)C(NC(=O)CCCN(C)S(=O)(=O)c1ccc(F)cc1)c1nc(C2CC2)no1. The zero-order chi connectivity index (χ0) is 21.9. The number of carbonyl (C=O) groups excluding carboxylic acids is 1. The first-order valence-electron chi connectivity index (χ1n) is 10.0. The van der Waals surface area contributed by atoms with Crippen LogP contribution in [0.4, 0.5) is 4.39 Å². The van der Waals surface area contributed by atoms with Crippen LogP contribution < -0.4 is 5.32 Å². The number of benzene rings is 1. The fourth-order valence-corrected chi connectivity index (χ4v) is 4.22. The standard InChI is InChI=1S/C20H27FN4O4S/c1-13(2)18(20-23-19(24-29-20)14-6-7-14)22-17(26)5-4-12-25(3)30(27,28)16-10-8-15(21)9-11-16/h8-11,13-14,18H,4-7,12H2,1-3H3,(H,22,26). The molecule has 0 saturated heterocycles. The molecule has 1 saturated carbocycles. The van der Waals surface area contributed by atoms with Gasteiger partial charge in [0.25, 0.3) is 0 Å². The Morgan fingerprint density at radius 2 is 1.97 bits per heavy atom. The number of hydrogen-bond acceptors (Lipinski definition) is 6. The summed E-state index contributed by atoms with van der Waals surface area (Å²) in [7, 11) is -2.30. The molecule has 0 bridgehead atoms. The second-order valence-electron chi connectivity index (χ2n) is 7.94. The number of halogens is 1. The van der Waals surface area contributed by atoms with Crippen molar-refractivity contribution in [3.63, 3.8) is 0 Å². The lowest BCUT2D eigenvalue weighted by atomic mass is 10.0. The molecule has 1 amide bonds. The molecule has 1 fully saturated rings. The first kappa shape index (κ1) is 22.4. The maximum absolute atomic E-state index is 13.0. The number of nitrogens with zero attached hydrogens (tertiary/aromatic N) is 3. The Morgan fingerprint density at radius 3 is 2.57 bits per heavy atom. The number of aromatic nitrogens is 2. The summed E-state index contributed by atoms with van der Waals surface area (Å²) in [5, 5.41) is 6.91. The molecule has 1 N–H and O–H groups in total. The molecule has 0 radical (unpaired) electrons. The molecule has 30 heavy (non-hydrogen) atoms. The monoisotopic (exact) mass is 438 g/mol. The Bertz CT molecular complexity index is 971. The Balaban J connectivity index is 1.51. The van der Waals surface area contributed by atoms with Gasteiger partial charge in [0.2, 0.25) is 21.8 Å². The maximum atomic E-state index is 13.0. The van der Waals surface area contributed by atoms with Gasteiger partial charge in [0.05, 0.1) is 4.90 Å². The van der Waals surface area contributed by atoms with Gasteiger partial charge in [-0.15, -0.1) is 0 Å². The number of carbonyl (C=O) groups is 1. The molecular weight excluding hydrogens is 411 g/mol. The van der Waals surface area contributed by atoms with E-state index in [4.69, 9.17) is 4.52 Å². The summed E-state index contributed by atoms with van der Waals surface area (Å²) in [5.74, 6) is 0.798. The molecule has 164 valence electrons.